The molecular formula is C14H19NO2S. The molecule has 1 saturated heterocycles. The van der Waals surface area contributed by atoms with Crippen molar-refractivity contribution >= 4 is 17.7 Å². The van der Waals surface area contributed by atoms with Gasteiger partial charge in [-0.1, -0.05) is 24.3 Å². The van der Waals surface area contributed by atoms with Gasteiger partial charge in [0.05, 0.1) is 11.9 Å². The molecule has 18 heavy (non-hydrogen) atoms. The zero-order valence-corrected chi connectivity index (χ0v) is 11.2. The number of hydrogen-bond acceptors (Lipinski definition) is 3. The Morgan fingerprint density at radius 1 is 1.33 bits per heavy atom. The van der Waals surface area contributed by atoms with Gasteiger partial charge in [0, 0.05) is 6.54 Å². The highest BCUT2D eigenvalue weighted by Crippen LogP contribution is 2.25. The van der Waals surface area contributed by atoms with Crippen molar-refractivity contribution in [1.29, 1.82) is 0 Å². The van der Waals surface area contributed by atoms with Crippen LogP contribution in [0.1, 0.15) is 24.0 Å². The molecule has 1 aromatic rings. The third-order valence-corrected chi connectivity index (χ3v) is 4.52. The molecule has 0 radical (unpaired) electrons. The fourth-order valence-corrected chi connectivity index (χ4v) is 3.23. The Morgan fingerprint density at radius 3 is 2.67 bits per heavy atom. The van der Waals surface area contributed by atoms with Crippen LogP contribution in [0.3, 0.4) is 0 Å². The van der Waals surface area contributed by atoms with E-state index in [1.165, 1.54) is 5.56 Å². The van der Waals surface area contributed by atoms with Gasteiger partial charge in [0.2, 0.25) is 5.91 Å². The van der Waals surface area contributed by atoms with Crippen molar-refractivity contribution in [2.24, 2.45) is 0 Å². The van der Waals surface area contributed by atoms with E-state index in [4.69, 9.17) is 5.11 Å². The predicted molar refractivity (Wildman–Crippen MR) is 74.6 cm³/mol. The Kier molecular flexibility index (Phi) is 5.08. The Labute approximate surface area is 112 Å². The van der Waals surface area contributed by atoms with Gasteiger partial charge < -0.3 is 10.4 Å². The molecule has 1 atom stereocenters. The Morgan fingerprint density at radius 2 is 2.06 bits per heavy atom. The van der Waals surface area contributed by atoms with Gasteiger partial charge in [0.15, 0.2) is 0 Å². The average molecular weight is 265 g/mol. The first-order valence-electron chi connectivity index (χ1n) is 6.37. The van der Waals surface area contributed by atoms with E-state index in [0.717, 1.165) is 30.6 Å². The summed E-state index contributed by atoms with van der Waals surface area (Å²) in [5, 5.41) is 12.1. The Balaban J connectivity index is 1.72. The fourth-order valence-electron chi connectivity index (χ4n) is 2.04. The van der Waals surface area contributed by atoms with Crippen LogP contribution in [0.25, 0.3) is 0 Å². The van der Waals surface area contributed by atoms with Crippen molar-refractivity contribution < 1.29 is 9.90 Å². The molecule has 1 unspecified atom stereocenters. The van der Waals surface area contributed by atoms with Crippen LogP contribution in [-0.4, -0.2) is 28.6 Å². The Bertz CT molecular complexity index is 385. The third kappa shape index (κ3) is 3.75. The summed E-state index contributed by atoms with van der Waals surface area (Å²) in [7, 11) is 0. The van der Waals surface area contributed by atoms with Crippen LogP contribution in [-0.2, 0) is 17.8 Å². The average Bonchev–Trinajstić information content (AvgIpc) is 2.93. The molecule has 1 aromatic carbocycles. The second-order valence-corrected chi connectivity index (χ2v) is 5.83. The number of rotatable bonds is 5. The highest BCUT2D eigenvalue weighted by molar-refractivity contribution is 8.00. The molecule has 4 heteroatoms. The van der Waals surface area contributed by atoms with Crippen molar-refractivity contribution in [2.75, 3.05) is 12.3 Å². The maximum atomic E-state index is 11.8. The highest BCUT2D eigenvalue weighted by atomic mass is 32.2. The van der Waals surface area contributed by atoms with Crippen molar-refractivity contribution in [3.63, 3.8) is 0 Å². The number of thioether (sulfide) groups is 1. The van der Waals surface area contributed by atoms with Gasteiger partial charge >= 0.3 is 0 Å². The van der Waals surface area contributed by atoms with Crippen molar-refractivity contribution in [3.8, 4) is 0 Å². The molecule has 0 bridgehead atoms. The fraction of sp³-hybridized carbons (Fsp3) is 0.500. The van der Waals surface area contributed by atoms with E-state index in [1.54, 1.807) is 11.8 Å². The molecule has 1 fully saturated rings. The van der Waals surface area contributed by atoms with Gasteiger partial charge in [-0.05, 0) is 36.1 Å². The minimum atomic E-state index is 0.0793. The molecule has 0 saturated carbocycles. The van der Waals surface area contributed by atoms with Crippen molar-refractivity contribution in [3.05, 3.63) is 35.4 Å². The molecule has 1 aliphatic rings. The van der Waals surface area contributed by atoms with Crippen molar-refractivity contribution in [1.82, 2.24) is 5.32 Å². The number of hydrogen-bond donors (Lipinski definition) is 2. The lowest BCUT2D eigenvalue weighted by molar-refractivity contribution is -0.120. The van der Waals surface area contributed by atoms with Crippen LogP contribution in [0.2, 0.25) is 0 Å². The molecule has 3 nitrogen and oxygen atoms in total. The number of benzene rings is 1. The molecule has 0 aliphatic carbocycles. The monoisotopic (exact) mass is 265 g/mol. The second kappa shape index (κ2) is 6.81. The number of aliphatic hydroxyl groups is 1. The summed E-state index contributed by atoms with van der Waals surface area (Å²) in [6.07, 6.45) is 3.02. The van der Waals surface area contributed by atoms with Crippen molar-refractivity contribution in [2.45, 2.75) is 31.1 Å². The minimum absolute atomic E-state index is 0.0793. The van der Waals surface area contributed by atoms with Gasteiger partial charge in [0.1, 0.15) is 0 Å². The highest BCUT2D eigenvalue weighted by Gasteiger charge is 2.22. The van der Waals surface area contributed by atoms with E-state index in [2.05, 4.69) is 5.32 Å². The molecule has 2 N–H and O–H groups in total. The lowest BCUT2D eigenvalue weighted by Gasteiger charge is -2.09. The standard InChI is InChI=1S/C14H19NO2S/c16-10-12-5-3-11(4-6-12)7-8-15-14(17)13-2-1-9-18-13/h3-6,13,16H,1-2,7-10H2,(H,15,17). The molecule has 98 valence electrons. The molecular weight excluding hydrogens is 246 g/mol. The van der Waals surface area contributed by atoms with Crippen LogP contribution in [0, 0.1) is 0 Å². The number of carbonyl (C=O) groups excluding carboxylic acids is 1. The molecule has 0 aromatic heterocycles. The number of carbonyl (C=O) groups is 1. The van der Waals surface area contributed by atoms with E-state index in [0.29, 0.717) is 6.54 Å². The van der Waals surface area contributed by atoms with E-state index in [1.807, 2.05) is 24.3 Å². The molecule has 1 aliphatic heterocycles. The number of amides is 1. The van der Waals surface area contributed by atoms with Crippen LogP contribution < -0.4 is 5.32 Å². The zero-order valence-electron chi connectivity index (χ0n) is 10.4. The maximum absolute atomic E-state index is 11.8. The van der Waals surface area contributed by atoms with E-state index in [-0.39, 0.29) is 17.8 Å². The molecule has 1 amide bonds. The predicted octanol–water partition coefficient (Wildman–Crippen LogP) is 1.73. The van der Waals surface area contributed by atoms with Crippen LogP contribution >= 0.6 is 11.8 Å². The smallest absolute Gasteiger partial charge is 0.233 e. The van der Waals surface area contributed by atoms with E-state index < -0.39 is 0 Å². The summed E-state index contributed by atoms with van der Waals surface area (Å²) in [5.41, 5.74) is 2.11. The normalized spacial score (nSPS) is 18.8. The lowest BCUT2D eigenvalue weighted by Crippen LogP contribution is -2.32. The van der Waals surface area contributed by atoms with E-state index >= 15 is 0 Å². The van der Waals surface area contributed by atoms with Crippen LogP contribution in [0.4, 0.5) is 0 Å². The van der Waals surface area contributed by atoms with Crippen LogP contribution in [0.15, 0.2) is 24.3 Å². The maximum Gasteiger partial charge on any atom is 0.233 e. The minimum Gasteiger partial charge on any atom is -0.392 e. The van der Waals surface area contributed by atoms with Gasteiger partial charge in [-0.3, -0.25) is 4.79 Å². The molecule has 1 heterocycles. The zero-order chi connectivity index (χ0) is 12.8. The van der Waals surface area contributed by atoms with Gasteiger partial charge in [-0.25, -0.2) is 0 Å². The molecule has 2 rings (SSSR count). The summed E-state index contributed by atoms with van der Waals surface area (Å²) < 4.78 is 0. The summed E-state index contributed by atoms with van der Waals surface area (Å²) in [6, 6.07) is 7.85. The Hall–Kier alpha value is -1.00. The van der Waals surface area contributed by atoms with Gasteiger partial charge in [-0.2, -0.15) is 0 Å². The first-order valence-corrected chi connectivity index (χ1v) is 7.42. The topological polar surface area (TPSA) is 49.3 Å². The second-order valence-electron chi connectivity index (χ2n) is 4.52. The quantitative estimate of drug-likeness (QED) is 0.852. The number of aliphatic hydroxyl groups excluding tert-OH is 1. The van der Waals surface area contributed by atoms with Gasteiger partial charge in [-0.15, -0.1) is 11.8 Å². The van der Waals surface area contributed by atoms with E-state index in [9.17, 15) is 4.79 Å². The first kappa shape index (κ1) is 13.4. The van der Waals surface area contributed by atoms with Crippen LogP contribution in [0.5, 0.6) is 0 Å². The summed E-state index contributed by atoms with van der Waals surface area (Å²) in [6.45, 7) is 0.768. The van der Waals surface area contributed by atoms with Gasteiger partial charge in [0.25, 0.3) is 0 Å². The third-order valence-electron chi connectivity index (χ3n) is 3.14. The first-order chi connectivity index (χ1) is 8.79. The summed E-state index contributed by atoms with van der Waals surface area (Å²) in [5.74, 6) is 1.30. The summed E-state index contributed by atoms with van der Waals surface area (Å²) in [4.78, 5) is 11.8. The molecule has 0 spiro atoms. The number of nitrogens with one attached hydrogen (secondary N) is 1. The largest absolute Gasteiger partial charge is 0.392 e. The SMILES string of the molecule is O=C(NCCc1ccc(CO)cc1)C1CCCS1. The lowest BCUT2D eigenvalue weighted by atomic mass is 10.1. The summed E-state index contributed by atoms with van der Waals surface area (Å²) >= 11 is 1.76.